The van der Waals surface area contributed by atoms with Crippen LogP contribution in [0.15, 0.2) is 83.0 Å². The standard InChI is InChI=1S/C23H21N7O6/c1-26(24-15-17-6-3-9-20(12-17)28(31)32)23(19-8-5-11-22(14-19)30(35)36)27(2)25-16-18-7-4-10-21(13-18)29(33)34/h3-16,23H,1-2H3/b24-15-,25-16-. The van der Waals surface area contributed by atoms with Gasteiger partial charge >= 0.3 is 0 Å². The van der Waals surface area contributed by atoms with Gasteiger partial charge in [0.1, 0.15) is 0 Å². The van der Waals surface area contributed by atoms with Crippen LogP contribution in [0.1, 0.15) is 22.9 Å². The molecule has 3 aromatic carbocycles. The summed E-state index contributed by atoms with van der Waals surface area (Å²) in [5.74, 6) is 0. The summed E-state index contributed by atoms with van der Waals surface area (Å²) in [5, 5.41) is 45.1. The van der Waals surface area contributed by atoms with Gasteiger partial charge in [0.05, 0.1) is 27.2 Å². The van der Waals surface area contributed by atoms with E-state index in [0.29, 0.717) is 16.7 Å². The fourth-order valence-electron chi connectivity index (χ4n) is 3.35. The summed E-state index contributed by atoms with van der Waals surface area (Å²) in [6, 6.07) is 17.8. The first-order valence-corrected chi connectivity index (χ1v) is 10.4. The van der Waals surface area contributed by atoms with E-state index in [2.05, 4.69) is 10.2 Å². The maximum atomic E-state index is 11.3. The average molecular weight is 491 g/mol. The van der Waals surface area contributed by atoms with Crippen LogP contribution in [0.5, 0.6) is 0 Å². The smallest absolute Gasteiger partial charge is 0.270 e. The highest BCUT2D eigenvalue weighted by molar-refractivity contribution is 5.81. The lowest BCUT2D eigenvalue weighted by molar-refractivity contribution is -0.385. The van der Waals surface area contributed by atoms with Crippen LogP contribution >= 0.6 is 0 Å². The Balaban J connectivity index is 1.94. The lowest BCUT2D eigenvalue weighted by Gasteiger charge is -2.32. The third-order valence-corrected chi connectivity index (χ3v) is 5.03. The van der Waals surface area contributed by atoms with Gasteiger partial charge in [-0.15, -0.1) is 0 Å². The summed E-state index contributed by atoms with van der Waals surface area (Å²) in [6.45, 7) is 0. The van der Waals surface area contributed by atoms with Crippen molar-refractivity contribution < 1.29 is 14.8 Å². The zero-order valence-corrected chi connectivity index (χ0v) is 19.2. The van der Waals surface area contributed by atoms with Gasteiger partial charge in [0.25, 0.3) is 17.1 Å². The number of nitro benzene ring substituents is 3. The SMILES string of the molecule is CN(/N=C\c1cccc([N+](=O)[O-])c1)C(c1cccc([N+](=O)[O-])c1)N(C)/N=C\c1cccc([N+](=O)[O-])c1. The molecule has 0 unspecified atom stereocenters. The molecule has 0 saturated carbocycles. The van der Waals surface area contributed by atoms with Gasteiger partial charge in [0, 0.05) is 67.2 Å². The average Bonchev–Trinajstić information content (AvgIpc) is 2.87. The summed E-state index contributed by atoms with van der Waals surface area (Å²) >= 11 is 0. The van der Waals surface area contributed by atoms with Crippen molar-refractivity contribution in [3.8, 4) is 0 Å². The molecule has 0 aliphatic carbocycles. The first-order valence-electron chi connectivity index (χ1n) is 10.4. The van der Waals surface area contributed by atoms with Crippen LogP contribution in [0.3, 0.4) is 0 Å². The van der Waals surface area contributed by atoms with Gasteiger partial charge in [0.2, 0.25) is 0 Å². The number of rotatable bonds is 10. The third-order valence-electron chi connectivity index (χ3n) is 5.03. The van der Waals surface area contributed by atoms with Gasteiger partial charge in [0.15, 0.2) is 6.17 Å². The molecule has 0 aliphatic rings. The Labute approximate surface area is 205 Å². The monoisotopic (exact) mass is 491 g/mol. The molecule has 13 nitrogen and oxygen atoms in total. The second-order valence-corrected chi connectivity index (χ2v) is 7.57. The zero-order valence-electron chi connectivity index (χ0n) is 19.2. The lowest BCUT2D eigenvalue weighted by atomic mass is 10.1. The summed E-state index contributed by atoms with van der Waals surface area (Å²) in [6.07, 6.45) is 2.13. The quantitative estimate of drug-likeness (QED) is 0.175. The highest BCUT2D eigenvalue weighted by Crippen LogP contribution is 2.27. The van der Waals surface area contributed by atoms with E-state index >= 15 is 0 Å². The molecule has 0 spiro atoms. The van der Waals surface area contributed by atoms with E-state index in [1.54, 1.807) is 32.3 Å². The number of hydrogen-bond acceptors (Lipinski definition) is 10. The highest BCUT2D eigenvalue weighted by Gasteiger charge is 2.22. The minimum absolute atomic E-state index is 0.0875. The van der Waals surface area contributed by atoms with Crippen LogP contribution in [0.25, 0.3) is 0 Å². The van der Waals surface area contributed by atoms with E-state index in [1.165, 1.54) is 77.0 Å². The van der Waals surface area contributed by atoms with E-state index in [0.717, 1.165) is 0 Å². The Hall–Kier alpha value is -5.20. The van der Waals surface area contributed by atoms with E-state index in [4.69, 9.17) is 0 Å². The van der Waals surface area contributed by atoms with Gasteiger partial charge in [-0.1, -0.05) is 36.4 Å². The van der Waals surface area contributed by atoms with Crippen LogP contribution < -0.4 is 0 Å². The number of non-ortho nitro benzene ring substituents is 3. The maximum Gasteiger partial charge on any atom is 0.270 e. The molecule has 3 rings (SSSR count). The molecule has 0 aliphatic heterocycles. The van der Waals surface area contributed by atoms with Gasteiger partial charge in [-0.2, -0.15) is 10.2 Å². The fraction of sp³-hybridized carbons (Fsp3) is 0.130. The first kappa shape index (κ1) is 25.4. The van der Waals surface area contributed by atoms with Gasteiger partial charge < -0.3 is 0 Å². The minimum atomic E-state index is -0.727. The van der Waals surface area contributed by atoms with E-state index in [9.17, 15) is 30.3 Å². The van der Waals surface area contributed by atoms with Crippen LogP contribution in [0.4, 0.5) is 17.1 Å². The molecular weight excluding hydrogens is 470 g/mol. The molecule has 0 aromatic heterocycles. The number of nitro groups is 3. The Bertz CT molecular complexity index is 1270. The van der Waals surface area contributed by atoms with Crippen molar-refractivity contribution in [2.45, 2.75) is 6.17 Å². The van der Waals surface area contributed by atoms with Crippen molar-refractivity contribution in [1.29, 1.82) is 0 Å². The van der Waals surface area contributed by atoms with E-state index in [1.807, 2.05) is 0 Å². The molecule has 0 fully saturated rings. The Morgan fingerprint density at radius 3 is 1.47 bits per heavy atom. The van der Waals surface area contributed by atoms with E-state index in [-0.39, 0.29) is 17.1 Å². The van der Waals surface area contributed by atoms with Gasteiger partial charge in [-0.25, -0.2) is 0 Å². The predicted octanol–water partition coefficient (Wildman–Crippen LogP) is 4.34. The normalized spacial score (nSPS) is 11.2. The summed E-state index contributed by atoms with van der Waals surface area (Å²) < 4.78 is 0. The molecule has 184 valence electrons. The predicted molar refractivity (Wildman–Crippen MR) is 133 cm³/mol. The van der Waals surface area contributed by atoms with Crippen molar-refractivity contribution in [2.75, 3.05) is 14.1 Å². The Kier molecular flexibility index (Phi) is 7.97. The van der Waals surface area contributed by atoms with Crippen molar-refractivity contribution in [3.63, 3.8) is 0 Å². The second kappa shape index (κ2) is 11.3. The third kappa shape index (κ3) is 6.44. The topological polar surface area (TPSA) is 161 Å². The van der Waals surface area contributed by atoms with Crippen molar-refractivity contribution in [2.24, 2.45) is 10.2 Å². The molecule has 0 atom stereocenters. The number of hydrogen-bond donors (Lipinski definition) is 0. The van der Waals surface area contributed by atoms with Crippen LogP contribution in [-0.4, -0.2) is 51.3 Å². The fourth-order valence-corrected chi connectivity index (χ4v) is 3.35. The van der Waals surface area contributed by atoms with Crippen molar-refractivity contribution in [3.05, 3.63) is 120 Å². The highest BCUT2D eigenvalue weighted by atomic mass is 16.6. The molecular formula is C23H21N7O6. The molecule has 0 radical (unpaired) electrons. The lowest BCUT2D eigenvalue weighted by Crippen LogP contribution is -2.31. The zero-order chi connectivity index (χ0) is 26.2. The molecule has 3 aromatic rings. The molecule has 0 saturated heterocycles. The second-order valence-electron chi connectivity index (χ2n) is 7.57. The molecule has 13 heteroatoms. The maximum absolute atomic E-state index is 11.3. The summed E-state index contributed by atoms with van der Waals surface area (Å²) in [5.41, 5.74) is 1.17. The van der Waals surface area contributed by atoms with Crippen LogP contribution in [0, 0.1) is 30.3 Å². The van der Waals surface area contributed by atoms with Gasteiger partial charge in [-0.05, 0) is 0 Å². The molecule has 0 bridgehead atoms. The van der Waals surface area contributed by atoms with Crippen LogP contribution in [-0.2, 0) is 0 Å². The largest absolute Gasteiger partial charge is 0.272 e. The van der Waals surface area contributed by atoms with Crippen molar-refractivity contribution >= 4 is 29.5 Å². The molecule has 0 heterocycles. The number of hydrazone groups is 2. The molecule has 36 heavy (non-hydrogen) atoms. The molecule has 0 amide bonds. The first-order chi connectivity index (χ1) is 17.2. The van der Waals surface area contributed by atoms with Gasteiger partial charge in [-0.3, -0.25) is 40.4 Å². The number of nitrogens with zero attached hydrogens (tertiary/aromatic N) is 7. The van der Waals surface area contributed by atoms with E-state index < -0.39 is 20.9 Å². The molecule has 0 N–H and O–H groups in total. The van der Waals surface area contributed by atoms with Crippen molar-refractivity contribution in [1.82, 2.24) is 10.0 Å². The summed E-state index contributed by atoms with van der Waals surface area (Å²) in [7, 11) is 3.24. The summed E-state index contributed by atoms with van der Waals surface area (Å²) in [4.78, 5) is 31.9. The number of benzene rings is 3. The van der Waals surface area contributed by atoms with Crippen LogP contribution in [0.2, 0.25) is 0 Å². The Morgan fingerprint density at radius 2 is 1.06 bits per heavy atom. The minimum Gasteiger partial charge on any atom is -0.272 e. The Morgan fingerprint density at radius 1 is 0.667 bits per heavy atom.